The van der Waals surface area contributed by atoms with Gasteiger partial charge >= 0.3 is 0 Å². The second-order valence-corrected chi connectivity index (χ2v) is 4.59. The Morgan fingerprint density at radius 1 is 1.24 bits per heavy atom. The van der Waals surface area contributed by atoms with Crippen LogP contribution in [-0.2, 0) is 0 Å². The van der Waals surface area contributed by atoms with Crippen molar-refractivity contribution in [3.8, 4) is 0 Å². The predicted octanol–water partition coefficient (Wildman–Crippen LogP) is 1.33. The zero-order chi connectivity index (χ0) is 12.3. The molecule has 0 bridgehead atoms. The summed E-state index contributed by atoms with van der Waals surface area (Å²) in [6.45, 7) is 5.87. The maximum Gasteiger partial charge on any atom is 0.146 e. The number of β-amino-alcohol motifs (C(OH)–C–C–N with tert-alkyl or cyclic N) is 1. The average molecular weight is 238 g/mol. The number of aliphatic hydroxyl groups is 1. The monoisotopic (exact) mass is 238 g/mol. The van der Waals surface area contributed by atoms with Crippen LogP contribution in [0.15, 0.2) is 24.3 Å². The molecule has 1 fully saturated rings. The van der Waals surface area contributed by atoms with Gasteiger partial charge in [-0.05, 0) is 19.1 Å². The van der Waals surface area contributed by atoms with Gasteiger partial charge in [-0.15, -0.1) is 0 Å². The second-order valence-electron chi connectivity index (χ2n) is 4.59. The molecule has 3 nitrogen and oxygen atoms in total. The van der Waals surface area contributed by atoms with Crippen molar-refractivity contribution in [2.75, 3.05) is 37.6 Å². The van der Waals surface area contributed by atoms with Gasteiger partial charge in [0.05, 0.1) is 11.8 Å². The van der Waals surface area contributed by atoms with Crippen LogP contribution in [0.4, 0.5) is 10.1 Å². The largest absolute Gasteiger partial charge is 0.392 e. The minimum atomic E-state index is -0.296. The third kappa shape index (κ3) is 3.17. The lowest BCUT2D eigenvalue weighted by atomic mass is 10.2. The Kier molecular flexibility index (Phi) is 3.97. The topological polar surface area (TPSA) is 26.7 Å². The van der Waals surface area contributed by atoms with Crippen molar-refractivity contribution in [2.24, 2.45) is 0 Å². The van der Waals surface area contributed by atoms with Gasteiger partial charge in [0.2, 0.25) is 0 Å². The summed E-state index contributed by atoms with van der Waals surface area (Å²) >= 11 is 0. The molecule has 1 unspecified atom stereocenters. The number of halogens is 1. The van der Waals surface area contributed by atoms with E-state index in [1.807, 2.05) is 12.1 Å². The van der Waals surface area contributed by atoms with E-state index in [2.05, 4.69) is 9.80 Å². The molecule has 94 valence electrons. The molecule has 1 aromatic carbocycles. The average Bonchev–Trinajstić information content (AvgIpc) is 2.30. The number of piperazine rings is 1. The standard InChI is InChI=1S/C13H19FN2O/c1-11(17)10-15-6-8-16(9-7-15)13-5-3-2-4-12(13)14/h2-5,11,17H,6-10H2,1H3. The van der Waals surface area contributed by atoms with Crippen molar-refractivity contribution in [3.05, 3.63) is 30.1 Å². The predicted molar refractivity (Wildman–Crippen MR) is 66.7 cm³/mol. The lowest BCUT2D eigenvalue weighted by Gasteiger charge is -2.36. The van der Waals surface area contributed by atoms with Crippen molar-refractivity contribution in [2.45, 2.75) is 13.0 Å². The highest BCUT2D eigenvalue weighted by Crippen LogP contribution is 2.19. The molecular formula is C13H19FN2O. The van der Waals surface area contributed by atoms with E-state index in [1.165, 1.54) is 6.07 Å². The van der Waals surface area contributed by atoms with Crippen LogP contribution in [0.5, 0.6) is 0 Å². The van der Waals surface area contributed by atoms with E-state index in [-0.39, 0.29) is 11.9 Å². The van der Waals surface area contributed by atoms with Gasteiger partial charge in [0.1, 0.15) is 5.82 Å². The molecular weight excluding hydrogens is 219 g/mol. The number of hydrogen-bond acceptors (Lipinski definition) is 3. The molecule has 0 amide bonds. The van der Waals surface area contributed by atoms with Crippen LogP contribution in [0.2, 0.25) is 0 Å². The molecule has 0 aromatic heterocycles. The van der Waals surface area contributed by atoms with E-state index in [1.54, 1.807) is 13.0 Å². The summed E-state index contributed by atoms with van der Waals surface area (Å²) in [4.78, 5) is 4.27. The Balaban J connectivity index is 1.93. The van der Waals surface area contributed by atoms with E-state index in [0.29, 0.717) is 12.2 Å². The quantitative estimate of drug-likeness (QED) is 0.860. The number of hydrogen-bond donors (Lipinski definition) is 1. The summed E-state index contributed by atoms with van der Waals surface area (Å²) in [5.74, 6) is -0.156. The SMILES string of the molecule is CC(O)CN1CCN(c2ccccc2F)CC1. The molecule has 0 saturated carbocycles. The highest BCUT2D eigenvalue weighted by Gasteiger charge is 2.19. The highest BCUT2D eigenvalue weighted by molar-refractivity contribution is 5.47. The molecule has 2 rings (SSSR count). The summed E-state index contributed by atoms with van der Waals surface area (Å²) in [5, 5.41) is 9.32. The number of anilines is 1. The molecule has 4 heteroatoms. The lowest BCUT2D eigenvalue weighted by Crippen LogP contribution is -2.48. The molecule has 0 spiro atoms. The fraction of sp³-hybridized carbons (Fsp3) is 0.538. The molecule has 0 aliphatic carbocycles. The van der Waals surface area contributed by atoms with Gasteiger partial charge in [-0.2, -0.15) is 0 Å². The summed E-state index contributed by atoms with van der Waals surface area (Å²) < 4.78 is 13.6. The van der Waals surface area contributed by atoms with Gasteiger partial charge in [-0.25, -0.2) is 4.39 Å². The Bertz CT molecular complexity index is 362. The zero-order valence-corrected chi connectivity index (χ0v) is 10.1. The smallest absolute Gasteiger partial charge is 0.146 e. The van der Waals surface area contributed by atoms with Crippen LogP contribution in [0.1, 0.15) is 6.92 Å². The maximum absolute atomic E-state index is 13.6. The first-order chi connectivity index (χ1) is 8.16. The second kappa shape index (κ2) is 5.47. The van der Waals surface area contributed by atoms with Gasteiger partial charge in [0, 0.05) is 32.7 Å². The Morgan fingerprint density at radius 3 is 2.47 bits per heavy atom. The van der Waals surface area contributed by atoms with E-state index in [4.69, 9.17) is 0 Å². The molecule has 1 heterocycles. The zero-order valence-electron chi connectivity index (χ0n) is 10.1. The number of nitrogens with zero attached hydrogens (tertiary/aromatic N) is 2. The van der Waals surface area contributed by atoms with Crippen molar-refractivity contribution < 1.29 is 9.50 Å². The molecule has 1 aromatic rings. The van der Waals surface area contributed by atoms with E-state index in [9.17, 15) is 9.50 Å². The Labute approximate surface area is 101 Å². The fourth-order valence-electron chi connectivity index (χ4n) is 2.25. The Hall–Kier alpha value is -1.13. The first kappa shape index (κ1) is 12.3. The third-order valence-electron chi connectivity index (χ3n) is 3.09. The van der Waals surface area contributed by atoms with Crippen LogP contribution < -0.4 is 4.90 Å². The normalized spacial score (nSPS) is 19.4. The molecule has 1 aliphatic heterocycles. The van der Waals surface area contributed by atoms with Crippen LogP contribution >= 0.6 is 0 Å². The molecule has 0 radical (unpaired) electrons. The number of para-hydroxylation sites is 1. The first-order valence-electron chi connectivity index (χ1n) is 6.06. The minimum absolute atomic E-state index is 0.156. The van der Waals surface area contributed by atoms with Gasteiger partial charge in [-0.3, -0.25) is 4.90 Å². The first-order valence-corrected chi connectivity index (χ1v) is 6.06. The van der Waals surface area contributed by atoms with Crippen molar-refractivity contribution in [3.63, 3.8) is 0 Å². The van der Waals surface area contributed by atoms with Gasteiger partial charge < -0.3 is 10.0 Å². The number of benzene rings is 1. The van der Waals surface area contributed by atoms with Crippen LogP contribution in [-0.4, -0.2) is 48.8 Å². The van der Waals surface area contributed by atoms with E-state index in [0.717, 1.165) is 26.2 Å². The van der Waals surface area contributed by atoms with E-state index >= 15 is 0 Å². The molecule has 17 heavy (non-hydrogen) atoms. The van der Waals surface area contributed by atoms with E-state index < -0.39 is 0 Å². The van der Waals surface area contributed by atoms with Gasteiger partial charge in [0.15, 0.2) is 0 Å². The summed E-state index contributed by atoms with van der Waals surface area (Å²) in [7, 11) is 0. The molecule has 1 aliphatic rings. The summed E-state index contributed by atoms with van der Waals surface area (Å²) in [6.07, 6.45) is -0.296. The van der Waals surface area contributed by atoms with Crippen LogP contribution in [0.25, 0.3) is 0 Å². The molecule has 1 saturated heterocycles. The van der Waals surface area contributed by atoms with Crippen molar-refractivity contribution >= 4 is 5.69 Å². The Morgan fingerprint density at radius 2 is 1.88 bits per heavy atom. The van der Waals surface area contributed by atoms with Gasteiger partial charge in [0.25, 0.3) is 0 Å². The number of aliphatic hydroxyl groups excluding tert-OH is 1. The van der Waals surface area contributed by atoms with Crippen molar-refractivity contribution in [1.82, 2.24) is 4.90 Å². The van der Waals surface area contributed by atoms with Crippen LogP contribution in [0.3, 0.4) is 0 Å². The summed E-state index contributed by atoms with van der Waals surface area (Å²) in [6, 6.07) is 6.89. The highest BCUT2D eigenvalue weighted by atomic mass is 19.1. The van der Waals surface area contributed by atoms with Crippen molar-refractivity contribution in [1.29, 1.82) is 0 Å². The number of rotatable bonds is 3. The minimum Gasteiger partial charge on any atom is -0.392 e. The maximum atomic E-state index is 13.6. The fourth-order valence-corrected chi connectivity index (χ4v) is 2.25. The summed E-state index contributed by atoms with van der Waals surface area (Å²) in [5.41, 5.74) is 0.684. The van der Waals surface area contributed by atoms with Crippen LogP contribution in [0, 0.1) is 5.82 Å². The lowest BCUT2D eigenvalue weighted by molar-refractivity contribution is 0.122. The van der Waals surface area contributed by atoms with Gasteiger partial charge in [-0.1, -0.05) is 12.1 Å². The molecule has 1 atom stereocenters. The third-order valence-corrected chi connectivity index (χ3v) is 3.09. The molecule has 1 N–H and O–H groups in total.